The van der Waals surface area contributed by atoms with Crippen molar-refractivity contribution in [2.24, 2.45) is 0 Å². The lowest BCUT2D eigenvalue weighted by Gasteiger charge is -2.24. The van der Waals surface area contributed by atoms with Gasteiger partial charge in [0, 0.05) is 12.8 Å². The summed E-state index contributed by atoms with van der Waals surface area (Å²) in [6.07, 6.45) is 47.6. The number of phosphoric acid groups is 1. The number of phosphoric ester groups is 1. The van der Waals surface area contributed by atoms with E-state index in [-0.39, 0.29) is 26.1 Å². The van der Waals surface area contributed by atoms with Gasteiger partial charge < -0.3 is 18.9 Å². The molecule has 0 bridgehead atoms. The zero-order chi connectivity index (χ0) is 40.7. The Kier molecular flexibility index (Phi) is 34.5. The standard InChI is InChI=1S/C45H74NO8P/c1-6-8-10-12-14-16-18-20-21-22-23-24-26-27-29-31-33-35-37-44(47)51-41-43(42-53-55(49,50)52-40-39-46(3,4)5)54-45(48)38-36-34-32-30-28-25-19-17-15-13-11-9-7-2/h9,11,13,15,17-25,28,30,32,43H,6-8,10,12,14,16,26-27,29,31,33-42H2,1-5H3/p+1/b11-9+,15-13+,19-17+,20-18+,22-21+,24-23+,28-25+,32-30+. The zero-order valence-corrected chi connectivity index (χ0v) is 35.8. The van der Waals surface area contributed by atoms with Crippen molar-refractivity contribution in [3.8, 4) is 0 Å². The van der Waals surface area contributed by atoms with E-state index >= 15 is 0 Å². The Bertz CT molecular complexity index is 1260. The lowest BCUT2D eigenvalue weighted by atomic mass is 10.1. The van der Waals surface area contributed by atoms with Crippen molar-refractivity contribution in [2.45, 2.75) is 129 Å². The Morgan fingerprint density at radius 2 is 1.05 bits per heavy atom. The SMILES string of the molecule is CC/C=C/C=C/C=C/C=C/C=C/CCCC(=O)OC(COC(=O)CCCCCCC/C=C/C=C/C=C/CCCCCCC)COP(=O)(O)OCC[N+](C)(C)C. The third kappa shape index (κ3) is 40.4. The number of hydrogen-bond donors (Lipinski definition) is 1. The maximum atomic E-state index is 12.6. The Morgan fingerprint density at radius 3 is 1.60 bits per heavy atom. The summed E-state index contributed by atoms with van der Waals surface area (Å²) in [5.74, 6) is -0.921. The maximum Gasteiger partial charge on any atom is 0.472 e. The Hall–Kier alpha value is -3.07. The highest BCUT2D eigenvalue weighted by Crippen LogP contribution is 2.43. The highest BCUT2D eigenvalue weighted by atomic mass is 31.2. The van der Waals surface area contributed by atoms with Gasteiger partial charge in [0.1, 0.15) is 19.8 Å². The quantitative estimate of drug-likeness (QED) is 0.0222. The Morgan fingerprint density at radius 1 is 0.582 bits per heavy atom. The molecular formula is C45H75NO8P+. The van der Waals surface area contributed by atoms with E-state index in [9.17, 15) is 19.0 Å². The number of quaternary nitrogens is 1. The maximum absolute atomic E-state index is 12.6. The molecule has 0 saturated heterocycles. The first-order chi connectivity index (χ1) is 26.5. The third-order valence-electron chi connectivity index (χ3n) is 8.04. The van der Waals surface area contributed by atoms with E-state index in [1.807, 2.05) is 75.8 Å². The lowest BCUT2D eigenvalue weighted by molar-refractivity contribution is -0.870. The van der Waals surface area contributed by atoms with Crippen LogP contribution in [0.1, 0.15) is 123 Å². The molecule has 10 heteroatoms. The number of hydrogen-bond acceptors (Lipinski definition) is 7. The van der Waals surface area contributed by atoms with Crippen molar-refractivity contribution in [1.29, 1.82) is 0 Å². The summed E-state index contributed by atoms with van der Waals surface area (Å²) in [5, 5.41) is 0. The first-order valence-electron chi connectivity index (χ1n) is 20.6. The van der Waals surface area contributed by atoms with Gasteiger partial charge in [-0.1, -0.05) is 156 Å². The highest BCUT2D eigenvalue weighted by molar-refractivity contribution is 7.47. The van der Waals surface area contributed by atoms with Gasteiger partial charge in [-0.15, -0.1) is 0 Å². The molecule has 0 aromatic rings. The summed E-state index contributed by atoms with van der Waals surface area (Å²) in [7, 11) is 1.40. The van der Waals surface area contributed by atoms with Crippen molar-refractivity contribution in [3.63, 3.8) is 0 Å². The number of rotatable bonds is 35. The van der Waals surface area contributed by atoms with Crippen LogP contribution in [0.15, 0.2) is 97.2 Å². The van der Waals surface area contributed by atoms with Crippen LogP contribution in [0.2, 0.25) is 0 Å². The summed E-state index contributed by atoms with van der Waals surface area (Å²) < 4.78 is 34.1. The first kappa shape index (κ1) is 51.9. The van der Waals surface area contributed by atoms with Crippen LogP contribution in [0.5, 0.6) is 0 Å². The second kappa shape index (κ2) is 36.6. The molecule has 2 unspecified atom stereocenters. The zero-order valence-electron chi connectivity index (χ0n) is 34.9. The van der Waals surface area contributed by atoms with Gasteiger partial charge in [-0.25, -0.2) is 4.57 Å². The fraction of sp³-hybridized carbons (Fsp3) is 0.600. The molecule has 0 fully saturated rings. The van der Waals surface area contributed by atoms with Crippen LogP contribution in [-0.2, 0) is 32.7 Å². The molecule has 0 radical (unpaired) electrons. The largest absolute Gasteiger partial charge is 0.472 e. The second-order valence-corrected chi connectivity index (χ2v) is 15.9. The van der Waals surface area contributed by atoms with Gasteiger partial charge in [0.05, 0.1) is 27.7 Å². The van der Waals surface area contributed by atoms with Gasteiger partial charge in [0.15, 0.2) is 6.10 Å². The molecule has 9 nitrogen and oxygen atoms in total. The minimum absolute atomic E-state index is 0.00860. The van der Waals surface area contributed by atoms with Crippen molar-refractivity contribution in [1.82, 2.24) is 0 Å². The minimum Gasteiger partial charge on any atom is -0.462 e. The summed E-state index contributed by atoms with van der Waals surface area (Å²) in [6.45, 7) is 4.11. The number of nitrogens with zero attached hydrogens (tertiary/aromatic N) is 1. The summed E-state index contributed by atoms with van der Waals surface area (Å²) in [4.78, 5) is 35.2. The van der Waals surface area contributed by atoms with E-state index in [0.717, 1.165) is 44.9 Å². The number of allylic oxidation sites excluding steroid dienone is 16. The van der Waals surface area contributed by atoms with Gasteiger partial charge in [-0.05, 0) is 51.4 Å². The molecule has 0 saturated carbocycles. The van der Waals surface area contributed by atoms with Gasteiger partial charge in [0.2, 0.25) is 0 Å². The average molecular weight is 789 g/mol. The number of carbonyl (C=O) groups excluding carboxylic acids is 2. The predicted octanol–water partition coefficient (Wildman–Crippen LogP) is 11.4. The topological polar surface area (TPSA) is 108 Å². The number of esters is 2. The second-order valence-electron chi connectivity index (χ2n) is 14.5. The van der Waals surface area contributed by atoms with Crippen LogP contribution >= 0.6 is 7.82 Å². The highest BCUT2D eigenvalue weighted by Gasteiger charge is 2.27. The van der Waals surface area contributed by atoms with Gasteiger partial charge in [0.25, 0.3) is 0 Å². The van der Waals surface area contributed by atoms with Gasteiger partial charge in [-0.2, -0.15) is 0 Å². The van der Waals surface area contributed by atoms with E-state index in [1.54, 1.807) is 0 Å². The van der Waals surface area contributed by atoms with Crippen LogP contribution in [0.3, 0.4) is 0 Å². The fourth-order valence-corrected chi connectivity index (χ4v) is 5.55. The lowest BCUT2D eigenvalue weighted by Crippen LogP contribution is -2.37. The van der Waals surface area contributed by atoms with E-state index < -0.39 is 32.5 Å². The minimum atomic E-state index is -4.40. The van der Waals surface area contributed by atoms with Crippen molar-refractivity contribution in [2.75, 3.05) is 47.5 Å². The van der Waals surface area contributed by atoms with Crippen LogP contribution < -0.4 is 0 Å². The Labute approximate surface area is 334 Å². The normalized spacial score (nSPS) is 14.7. The van der Waals surface area contributed by atoms with Crippen molar-refractivity contribution < 1.29 is 42.1 Å². The third-order valence-corrected chi connectivity index (χ3v) is 9.02. The molecule has 312 valence electrons. The number of unbranched alkanes of at least 4 members (excludes halogenated alkanes) is 11. The van der Waals surface area contributed by atoms with E-state index in [2.05, 4.69) is 56.4 Å². The molecule has 1 N–H and O–H groups in total. The van der Waals surface area contributed by atoms with E-state index in [0.29, 0.717) is 30.3 Å². The van der Waals surface area contributed by atoms with Crippen LogP contribution in [0.25, 0.3) is 0 Å². The number of likely N-dealkylation sites (N-methyl/N-ethyl adjacent to an activating group) is 1. The van der Waals surface area contributed by atoms with E-state index in [1.165, 1.54) is 32.1 Å². The molecule has 0 aliphatic rings. The predicted molar refractivity (Wildman–Crippen MR) is 228 cm³/mol. The smallest absolute Gasteiger partial charge is 0.462 e. The first-order valence-corrected chi connectivity index (χ1v) is 22.1. The molecule has 55 heavy (non-hydrogen) atoms. The fourth-order valence-electron chi connectivity index (χ4n) is 4.81. The molecule has 0 amide bonds. The van der Waals surface area contributed by atoms with Crippen LogP contribution in [-0.4, -0.2) is 74.9 Å². The molecule has 0 rings (SSSR count). The average Bonchev–Trinajstić information content (AvgIpc) is 3.13. The molecule has 0 aromatic carbocycles. The van der Waals surface area contributed by atoms with Crippen LogP contribution in [0, 0.1) is 0 Å². The van der Waals surface area contributed by atoms with E-state index in [4.69, 9.17) is 18.5 Å². The molecule has 0 aliphatic heterocycles. The van der Waals surface area contributed by atoms with Crippen LogP contribution in [0.4, 0.5) is 0 Å². The molecular weight excluding hydrogens is 713 g/mol. The summed E-state index contributed by atoms with van der Waals surface area (Å²) >= 11 is 0. The molecule has 2 atom stereocenters. The molecule has 0 aromatic heterocycles. The molecule has 0 heterocycles. The summed E-state index contributed by atoms with van der Waals surface area (Å²) in [6, 6.07) is 0. The number of ether oxygens (including phenoxy) is 2. The number of carbonyl (C=O) groups is 2. The summed E-state index contributed by atoms with van der Waals surface area (Å²) in [5.41, 5.74) is 0. The molecule has 0 spiro atoms. The van der Waals surface area contributed by atoms with Crippen molar-refractivity contribution >= 4 is 19.8 Å². The van der Waals surface area contributed by atoms with Gasteiger partial charge >= 0.3 is 19.8 Å². The van der Waals surface area contributed by atoms with Crippen molar-refractivity contribution in [3.05, 3.63) is 97.2 Å². The monoisotopic (exact) mass is 789 g/mol. The van der Waals surface area contributed by atoms with Gasteiger partial charge in [-0.3, -0.25) is 18.6 Å². The Balaban J connectivity index is 4.55. The molecule has 0 aliphatic carbocycles.